The van der Waals surface area contributed by atoms with Crippen molar-refractivity contribution < 1.29 is 23.8 Å². The Morgan fingerprint density at radius 3 is 2.18 bits per heavy atom. The molecule has 0 amide bonds. The molecular weight excluding hydrogens is 286 g/mol. The molecule has 2 rings (SSSR count). The van der Waals surface area contributed by atoms with Crippen LogP contribution < -0.4 is 9.47 Å². The molecule has 6 heteroatoms. The van der Waals surface area contributed by atoms with E-state index in [2.05, 4.69) is 0 Å². The Hall–Kier alpha value is -2.89. The number of carbonyl (C=O) groups is 2. The Kier molecular flexibility index (Phi) is 4.73. The summed E-state index contributed by atoms with van der Waals surface area (Å²) in [6.45, 7) is 1.50. The SMILES string of the molecule is COc1ccc(C(=O)[C@H](C)OC(=O)c2cc[n+]([O-])cc2)cc1. The van der Waals surface area contributed by atoms with Gasteiger partial charge >= 0.3 is 5.97 Å². The van der Waals surface area contributed by atoms with Crippen LogP contribution in [-0.2, 0) is 4.74 Å². The second kappa shape index (κ2) is 6.71. The second-order valence-corrected chi connectivity index (χ2v) is 4.59. The van der Waals surface area contributed by atoms with Crippen LogP contribution in [0.15, 0.2) is 48.8 Å². The molecule has 6 nitrogen and oxygen atoms in total. The molecule has 0 bridgehead atoms. The monoisotopic (exact) mass is 301 g/mol. The molecule has 2 aromatic rings. The van der Waals surface area contributed by atoms with E-state index in [1.807, 2.05) is 0 Å². The zero-order valence-electron chi connectivity index (χ0n) is 12.2. The van der Waals surface area contributed by atoms with Crippen LogP contribution in [0, 0.1) is 5.21 Å². The lowest BCUT2D eigenvalue weighted by Crippen LogP contribution is -2.27. The van der Waals surface area contributed by atoms with Gasteiger partial charge in [-0.05, 0) is 31.2 Å². The first kappa shape index (κ1) is 15.5. The maximum atomic E-state index is 12.2. The number of hydrogen-bond donors (Lipinski definition) is 0. The van der Waals surface area contributed by atoms with Gasteiger partial charge in [0.2, 0.25) is 5.78 Å². The first-order valence-corrected chi connectivity index (χ1v) is 6.59. The summed E-state index contributed by atoms with van der Waals surface area (Å²) in [5, 5.41) is 10.9. The number of benzene rings is 1. The van der Waals surface area contributed by atoms with E-state index in [1.54, 1.807) is 24.3 Å². The topological polar surface area (TPSA) is 79.5 Å². The Labute approximate surface area is 127 Å². The van der Waals surface area contributed by atoms with Gasteiger partial charge in [-0.25, -0.2) is 4.79 Å². The van der Waals surface area contributed by atoms with E-state index >= 15 is 0 Å². The van der Waals surface area contributed by atoms with E-state index in [9.17, 15) is 14.8 Å². The van der Waals surface area contributed by atoms with Crippen molar-refractivity contribution in [2.24, 2.45) is 0 Å². The third-order valence-electron chi connectivity index (χ3n) is 3.07. The number of methoxy groups -OCH3 is 1. The minimum atomic E-state index is -0.930. The second-order valence-electron chi connectivity index (χ2n) is 4.59. The van der Waals surface area contributed by atoms with Crippen LogP contribution >= 0.6 is 0 Å². The van der Waals surface area contributed by atoms with Crippen LogP contribution in [0.2, 0.25) is 0 Å². The molecule has 0 unspecified atom stereocenters. The molecule has 1 atom stereocenters. The van der Waals surface area contributed by atoms with Crippen molar-refractivity contribution in [1.29, 1.82) is 0 Å². The van der Waals surface area contributed by atoms with Crippen molar-refractivity contribution in [2.45, 2.75) is 13.0 Å². The Morgan fingerprint density at radius 1 is 1.05 bits per heavy atom. The van der Waals surface area contributed by atoms with Gasteiger partial charge in [-0.2, -0.15) is 4.73 Å². The fraction of sp³-hybridized carbons (Fsp3) is 0.188. The van der Waals surface area contributed by atoms with Gasteiger partial charge in [0.05, 0.1) is 12.7 Å². The number of ketones is 1. The summed E-state index contributed by atoms with van der Waals surface area (Å²) >= 11 is 0. The molecule has 0 saturated carbocycles. The van der Waals surface area contributed by atoms with E-state index in [4.69, 9.17) is 9.47 Å². The van der Waals surface area contributed by atoms with Crippen LogP contribution in [0.25, 0.3) is 0 Å². The highest BCUT2D eigenvalue weighted by atomic mass is 16.5. The smallest absolute Gasteiger partial charge is 0.339 e. The van der Waals surface area contributed by atoms with Crippen molar-refractivity contribution in [3.05, 3.63) is 65.1 Å². The summed E-state index contributed by atoms with van der Waals surface area (Å²) in [7, 11) is 1.53. The van der Waals surface area contributed by atoms with Gasteiger partial charge < -0.3 is 14.7 Å². The Bertz CT molecular complexity index is 664. The van der Waals surface area contributed by atoms with Gasteiger partial charge in [0.15, 0.2) is 18.5 Å². The number of pyridine rings is 1. The summed E-state index contributed by atoms with van der Waals surface area (Å²) in [5.41, 5.74) is 0.632. The van der Waals surface area contributed by atoms with Gasteiger partial charge in [0.25, 0.3) is 0 Å². The summed E-state index contributed by atoms with van der Waals surface area (Å²) in [6, 6.07) is 9.19. The molecule has 114 valence electrons. The van der Waals surface area contributed by atoms with Gasteiger partial charge in [0, 0.05) is 17.7 Å². The Balaban J connectivity index is 2.03. The lowest BCUT2D eigenvalue weighted by molar-refractivity contribution is -0.605. The summed E-state index contributed by atoms with van der Waals surface area (Å²) in [6.07, 6.45) is 1.44. The fourth-order valence-electron chi connectivity index (χ4n) is 1.82. The quantitative estimate of drug-likeness (QED) is 0.364. The molecule has 22 heavy (non-hydrogen) atoms. The molecule has 0 aliphatic rings. The van der Waals surface area contributed by atoms with E-state index in [-0.39, 0.29) is 11.3 Å². The molecule has 0 radical (unpaired) electrons. The molecule has 1 aromatic heterocycles. The third-order valence-corrected chi connectivity index (χ3v) is 3.07. The number of ether oxygens (including phenoxy) is 2. The highest BCUT2D eigenvalue weighted by Crippen LogP contribution is 2.14. The standard InChI is InChI=1S/C16H15NO5/c1-11(15(18)12-3-5-14(21-2)6-4-12)22-16(19)13-7-9-17(20)10-8-13/h3-11H,1-2H3/t11-/m0/s1. The van der Waals surface area contributed by atoms with Crippen molar-refractivity contribution in [1.82, 2.24) is 0 Å². The summed E-state index contributed by atoms with van der Waals surface area (Å²) in [4.78, 5) is 24.1. The van der Waals surface area contributed by atoms with E-state index in [1.165, 1.54) is 38.6 Å². The number of aromatic nitrogens is 1. The van der Waals surface area contributed by atoms with Crippen molar-refractivity contribution >= 4 is 11.8 Å². The molecule has 1 heterocycles. The zero-order valence-corrected chi connectivity index (χ0v) is 12.2. The third kappa shape index (κ3) is 3.60. The predicted octanol–water partition coefficient (Wildman–Crippen LogP) is 1.76. The normalized spacial score (nSPS) is 11.5. The zero-order chi connectivity index (χ0) is 16.1. The maximum absolute atomic E-state index is 12.2. The molecule has 1 aromatic carbocycles. The van der Waals surface area contributed by atoms with Crippen molar-refractivity contribution in [3.8, 4) is 5.75 Å². The van der Waals surface area contributed by atoms with Crippen LogP contribution in [0.5, 0.6) is 5.75 Å². The molecule has 0 N–H and O–H groups in total. The number of carbonyl (C=O) groups excluding carboxylic acids is 2. The number of Topliss-reactive ketones (excluding diaryl/α,β-unsaturated/α-hetero) is 1. The van der Waals surface area contributed by atoms with Crippen LogP contribution in [-0.4, -0.2) is 25.0 Å². The number of rotatable bonds is 5. The van der Waals surface area contributed by atoms with Crippen LogP contribution in [0.4, 0.5) is 0 Å². The molecule has 0 fully saturated rings. The maximum Gasteiger partial charge on any atom is 0.339 e. The van der Waals surface area contributed by atoms with E-state index < -0.39 is 12.1 Å². The van der Waals surface area contributed by atoms with Crippen LogP contribution in [0.3, 0.4) is 0 Å². The van der Waals surface area contributed by atoms with Gasteiger partial charge in [-0.1, -0.05) is 0 Å². The van der Waals surface area contributed by atoms with Gasteiger partial charge in [-0.15, -0.1) is 0 Å². The van der Waals surface area contributed by atoms with Crippen molar-refractivity contribution in [2.75, 3.05) is 7.11 Å². The van der Waals surface area contributed by atoms with Gasteiger partial charge in [0.1, 0.15) is 5.75 Å². The lowest BCUT2D eigenvalue weighted by Gasteiger charge is -2.12. The minimum Gasteiger partial charge on any atom is -0.619 e. The number of nitrogens with zero attached hydrogens (tertiary/aromatic N) is 1. The minimum absolute atomic E-state index is 0.210. The van der Waals surface area contributed by atoms with E-state index in [0.717, 1.165) is 0 Å². The molecule has 0 spiro atoms. The highest BCUT2D eigenvalue weighted by molar-refractivity contribution is 6.01. The average Bonchev–Trinajstić information content (AvgIpc) is 2.54. The van der Waals surface area contributed by atoms with Crippen molar-refractivity contribution in [3.63, 3.8) is 0 Å². The lowest BCUT2D eigenvalue weighted by atomic mass is 10.1. The van der Waals surface area contributed by atoms with Crippen LogP contribution in [0.1, 0.15) is 27.6 Å². The number of esters is 1. The largest absolute Gasteiger partial charge is 0.619 e. The first-order valence-electron chi connectivity index (χ1n) is 6.59. The average molecular weight is 301 g/mol. The predicted molar refractivity (Wildman–Crippen MR) is 77.6 cm³/mol. The molecule has 0 aliphatic heterocycles. The molecule has 0 saturated heterocycles. The summed E-state index contributed by atoms with van der Waals surface area (Å²) < 4.78 is 10.7. The Morgan fingerprint density at radius 2 is 1.64 bits per heavy atom. The fourth-order valence-corrected chi connectivity index (χ4v) is 1.82. The summed E-state index contributed by atoms with van der Waals surface area (Å²) in [5.74, 6) is -0.336. The first-order chi connectivity index (χ1) is 10.5. The number of hydrogen-bond acceptors (Lipinski definition) is 5. The highest BCUT2D eigenvalue weighted by Gasteiger charge is 2.20. The molecule has 0 aliphatic carbocycles. The van der Waals surface area contributed by atoms with E-state index in [0.29, 0.717) is 16.0 Å². The molecular formula is C16H15NO5. The van der Waals surface area contributed by atoms with Gasteiger partial charge in [-0.3, -0.25) is 4.79 Å².